The molecule has 2 unspecified atom stereocenters. The second-order valence-corrected chi connectivity index (χ2v) is 3.51. The van der Waals surface area contributed by atoms with Gasteiger partial charge in [0.15, 0.2) is 0 Å². The molecule has 0 radical (unpaired) electrons. The number of carbonyl (C=O) groups excluding carboxylic acids is 1. The minimum Gasteiger partial charge on any atom is -0.392 e. The molecule has 5 heteroatoms. The molecule has 12 heavy (non-hydrogen) atoms. The number of rotatable bonds is 5. The molecule has 0 saturated carbocycles. The predicted octanol–water partition coefficient (Wildman–Crippen LogP) is -0.826. The molecule has 0 aliphatic rings. The van der Waals surface area contributed by atoms with Crippen molar-refractivity contribution >= 4 is 17.7 Å². The summed E-state index contributed by atoms with van der Waals surface area (Å²) in [6.45, 7) is 1.93. The first kappa shape index (κ1) is 11.7. The molecule has 72 valence electrons. The van der Waals surface area contributed by atoms with Crippen LogP contribution in [-0.4, -0.2) is 41.7 Å². The molecular formula is C7H16N2O2S. The summed E-state index contributed by atoms with van der Waals surface area (Å²) in [7, 11) is 0. The Hall–Kier alpha value is -0.260. The van der Waals surface area contributed by atoms with Crippen molar-refractivity contribution in [1.82, 2.24) is 5.32 Å². The van der Waals surface area contributed by atoms with E-state index >= 15 is 0 Å². The topological polar surface area (TPSA) is 75.4 Å². The average molecular weight is 192 g/mol. The lowest BCUT2D eigenvalue weighted by molar-refractivity contribution is -0.118. The fourth-order valence-corrected chi connectivity index (χ4v) is 0.949. The Morgan fingerprint density at radius 2 is 2.33 bits per heavy atom. The van der Waals surface area contributed by atoms with E-state index in [1.807, 2.05) is 6.26 Å². The Balaban J connectivity index is 3.47. The van der Waals surface area contributed by atoms with Gasteiger partial charge in [0.1, 0.15) is 0 Å². The molecule has 0 aromatic heterocycles. The van der Waals surface area contributed by atoms with Crippen molar-refractivity contribution in [2.45, 2.75) is 19.1 Å². The molecule has 0 aliphatic heterocycles. The molecule has 4 nitrogen and oxygen atoms in total. The third-order valence-electron chi connectivity index (χ3n) is 1.43. The van der Waals surface area contributed by atoms with Crippen LogP contribution >= 0.6 is 11.8 Å². The van der Waals surface area contributed by atoms with Crippen LogP contribution in [0.25, 0.3) is 0 Å². The molecule has 0 fully saturated rings. The van der Waals surface area contributed by atoms with Crippen molar-refractivity contribution in [2.24, 2.45) is 5.73 Å². The number of carbonyl (C=O) groups is 1. The molecule has 0 aromatic rings. The Morgan fingerprint density at radius 1 is 1.75 bits per heavy atom. The normalized spacial score (nSPS) is 15.3. The maximum Gasteiger partial charge on any atom is 0.230 e. The van der Waals surface area contributed by atoms with E-state index in [0.29, 0.717) is 12.3 Å². The molecule has 0 heterocycles. The molecule has 1 amide bonds. The maximum atomic E-state index is 10.9. The van der Waals surface area contributed by atoms with Gasteiger partial charge >= 0.3 is 0 Å². The highest BCUT2D eigenvalue weighted by molar-refractivity contribution is 7.99. The summed E-state index contributed by atoms with van der Waals surface area (Å²) in [5, 5.41) is 11.6. The number of amides is 1. The summed E-state index contributed by atoms with van der Waals surface area (Å²) in [6.07, 6.45) is 1.27. The second-order valence-electron chi connectivity index (χ2n) is 2.64. The Kier molecular flexibility index (Phi) is 6.14. The SMILES string of the molecule is CSCC(=O)NCC(N)C(C)O. The van der Waals surface area contributed by atoms with Crippen LogP contribution in [0.2, 0.25) is 0 Å². The minimum atomic E-state index is -0.584. The Bertz CT molecular complexity index is 141. The fraction of sp³-hybridized carbons (Fsp3) is 0.857. The third kappa shape index (κ3) is 5.40. The smallest absolute Gasteiger partial charge is 0.230 e. The van der Waals surface area contributed by atoms with Crippen molar-refractivity contribution < 1.29 is 9.90 Å². The van der Waals surface area contributed by atoms with Gasteiger partial charge in [-0.25, -0.2) is 0 Å². The number of aliphatic hydroxyl groups excluding tert-OH is 1. The Morgan fingerprint density at radius 3 is 2.75 bits per heavy atom. The zero-order valence-corrected chi connectivity index (χ0v) is 8.23. The fourth-order valence-electron chi connectivity index (χ4n) is 0.584. The molecule has 0 rings (SSSR count). The zero-order valence-electron chi connectivity index (χ0n) is 7.41. The zero-order chi connectivity index (χ0) is 9.56. The predicted molar refractivity (Wildman–Crippen MR) is 51.0 cm³/mol. The summed E-state index contributed by atoms with van der Waals surface area (Å²) in [4.78, 5) is 10.9. The van der Waals surface area contributed by atoms with Gasteiger partial charge < -0.3 is 16.2 Å². The highest BCUT2D eigenvalue weighted by Crippen LogP contribution is 1.90. The van der Waals surface area contributed by atoms with Crippen LogP contribution in [-0.2, 0) is 4.79 Å². The molecule has 0 aromatic carbocycles. The highest BCUT2D eigenvalue weighted by atomic mass is 32.2. The van der Waals surface area contributed by atoms with E-state index in [0.717, 1.165) is 0 Å². The first-order chi connectivity index (χ1) is 5.57. The van der Waals surface area contributed by atoms with Gasteiger partial charge in [0, 0.05) is 12.6 Å². The highest BCUT2D eigenvalue weighted by Gasteiger charge is 2.09. The van der Waals surface area contributed by atoms with Crippen LogP contribution in [0.1, 0.15) is 6.92 Å². The largest absolute Gasteiger partial charge is 0.392 e. The van der Waals surface area contributed by atoms with Crippen LogP contribution in [0, 0.1) is 0 Å². The standard InChI is InChI=1S/C7H16N2O2S/c1-5(10)6(8)3-9-7(11)4-12-2/h5-6,10H,3-4,8H2,1-2H3,(H,9,11). The number of nitrogens with two attached hydrogens (primary N) is 1. The van der Waals surface area contributed by atoms with E-state index in [-0.39, 0.29) is 11.9 Å². The molecule has 4 N–H and O–H groups in total. The molecule has 0 aliphatic carbocycles. The van der Waals surface area contributed by atoms with Crippen LogP contribution in [0.4, 0.5) is 0 Å². The van der Waals surface area contributed by atoms with E-state index in [9.17, 15) is 4.79 Å². The minimum absolute atomic E-state index is 0.0430. The summed E-state index contributed by atoms with van der Waals surface area (Å²) in [6, 6.07) is -0.379. The molecule has 2 atom stereocenters. The van der Waals surface area contributed by atoms with E-state index < -0.39 is 6.10 Å². The van der Waals surface area contributed by atoms with Gasteiger partial charge in [0.05, 0.1) is 11.9 Å². The van der Waals surface area contributed by atoms with Gasteiger partial charge in [-0.3, -0.25) is 4.79 Å². The molecule has 0 bridgehead atoms. The van der Waals surface area contributed by atoms with Crippen LogP contribution in [0.15, 0.2) is 0 Å². The Labute approximate surface area is 76.9 Å². The van der Waals surface area contributed by atoms with Gasteiger partial charge in [-0.05, 0) is 13.2 Å². The van der Waals surface area contributed by atoms with Gasteiger partial charge in [-0.2, -0.15) is 11.8 Å². The third-order valence-corrected chi connectivity index (χ3v) is 1.98. The first-order valence-corrected chi connectivity index (χ1v) is 5.16. The monoisotopic (exact) mass is 192 g/mol. The van der Waals surface area contributed by atoms with E-state index in [2.05, 4.69) is 5.32 Å². The van der Waals surface area contributed by atoms with E-state index in [4.69, 9.17) is 10.8 Å². The number of aliphatic hydroxyl groups is 1. The molecule has 0 spiro atoms. The van der Waals surface area contributed by atoms with Crippen LogP contribution in [0.3, 0.4) is 0 Å². The van der Waals surface area contributed by atoms with Crippen molar-refractivity contribution in [3.63, 3.8) is 0 Å². The molecule has 0 saturated heterocycles. The van der Waals surface area contributed by atoms with Gasteiger partial charge in [-0.1, -0.05) is 0 Å². The lowest BCUT2D eigenvalue weighted by Gasteiger charge is -2.14. The summed E-state index contributed by atoms with van der Waals surface area (Å²) < 4.78 is 0. The van der Waals surface area contributed by atoms with Crippen molar-refractivity contribution in [1.29, 1.82) is 0 Å². The maximum absolute atomic E-state index is 10.9. The van der Waals surface area contributed by atoms with E-state index in [1.165, 1.54) is 11.8 Å². The van der Waals surface area contributed by atoms with Gasteiger partial charge in [-0.15, -0.1) is 0 Å². The van der Waals surface area contributed by atoms with Gasteiger partial charge in [0.2, 0.25) is 5.91 Å². The van der Waals surface area contributed by atoms with Crippen LogP contribution < -0.4 is 11.1 Å². The van der Waals surface area contributed by atoms with Crippen LogP contribution in [0.5, 0.6) is 0 Å². The first-order valence-electron chi connectivity index (χ1n) is 3.77. The average Bonchev–Trinajstić information content (AvgIpc) is 2.00. The summed E-state index contributed by atoms with van der Waals surface area (Å²) in [5.41, 5.74) is 5.49. The second kappa shape index (κ2) is 6.28. The number of hydrogen-bond donors (Lipinski definition) is 3. The quantitative estimate of drug-likeness (QED) is 0.531. The summed E-state index contributed by atoms with van der Waals surface area (Å²) >= 11 is 1.45. The van der Waals surface area contributed by atoms with Crippen molar-refractivity contribution in [3.8, 4) is 0 Å². The number of nitrogens with one attached hydrogen (secondary N) is 1. The number of hydrogen-bond acceptors (Lipinski definition) is 4. The number of thioether (sulfide) groups is 1. The lowest BCUT2D eigenvalue weighted by Crippen LogP contribution is -2.44. The lowest BCUT2D eigenvalue weighted by atomic mass is 10.2. The van der Waals surface area contributed by atoms with Gasteiger partial charge in [0.25, 0.3) is 0 Å². The van der Waals surface area contributed by atoms with E-state index in [1.54, 1.807) is 6.92 Å². The summed E-state index contributed by atoms with van der Waals surface area (Å²) in [5.74, 6) is 0.394. The van der Waals surface area contributed by atoms with Crippen molar-refractivity contribution in [2.75, 3.05) is 18.6 Å². The molecular weight excluding hydrogens is 176 g/mol. The van der Waals surface area contributed by atoms with Crippen molar-refractivity contribution in [3.05, 3.63) is 0 Å².